The van der Waals surface area contributed by atoms with Crippen LogP contribution < -0.4 is 10.1 Å². The van der Waals surface area contributed by atoms with Gasteiger partial charge in [0.15, 0.2) is 0 Å². The SMILES string of the molecule is CCOC(=O)C1C(C)=NC(=O)N=C1SCC(=O)Nc1ccc(OCC)cc1. The van der Waals surface area contributed by atoms with Crippen molar-refractivity contribution in [2.45, 2.75) is 20.8 Å². The van der Waals surface area contributed by atoms with Gasteiger partial charge in [0.05, 0.1) is 24.0 Å². The molecule has 0 aliphatic carbocycles. The summed E-state index contributed by atoms with van der Waals surface area (Å²) in [6.45, 7) is 5.91. The lowest BCUT2D eigenvalue weighted by molar-refractivity contribution is -0.143. The van der Waals surface area contributed by atoms with E-state index >= 15 is 0 Å². The van der Waals surface area contributed by atoms with Gasteiger partial charge in [-0.1, -0.05) is 11.8 Å². The van der Waals surface area contributed by atoms with Crippen LogP contribution >= 0.6 is 11.8 Å². The summed E-state index contributed by atoms with van der Waals surface area (Å²) in [7, 11) is 0. The second-order valence-electron chi connectivity index (χ2n) is 5.47. The summed E-state index contributed by atoms with van der Waals surface area (Å²) < 4.78 is 10.4. The van der Waals surface area contributed by atoms with Gasteiger partial charge in [0, 0.05) is 11.4 Å². The van der Waals surface area contributed by atoms with Crippen LogP contribution in [-0.2, 0) is 14.3 Å². The average molecular weight is 391 g/mol. The molecule has 1 aliphatic heterocycles. The van der Waals surface area contributed by atoms with E-state index in [0.29, 0.717) is 23.8 Å². The third-order valence-electron chi connectivity index (χ3n) is 3.47. The summed E-state index contributed by atoms with van der Waals surface area (Å²) in [5.41, 5.74) is 0.924. The summed E-state index contributed by atoms with van der Waals surface area (Å²) in [5, 5.41) is 2.96. The third-order valence-corrected chi connectivity index (χ3v) is 4.49. The molecule has 1 aromatic carbocycles. The van der Waals surface area contributed by atoms with Crippen molar-refractivity contribution in [1.82, 2.24) is 0 Å². The number of esters is 1. The fourth-order valence-corrected chi connectivity index (χ4v) is 3.26. The molecule has 0 radical (unpaired) electrons. The van der Waals surface area contributed by atoms with Crippen molar-refractivity contribution in [2.24, 2.45) is 15.9 Å². The van der Waals surface area contributed by atoms with Gasteiger partial charge in [-0.2, -0.15) is 9.98 Å². The monoisotopic (exact) mass is 391 g/mol. The molecule has 1 aliphatic rings. The minimum atomic E-state index is -0.856. The molecule has 0 aromatic heterocycles. The molecule has 0 spiro atoms. The van der Waals surface area contributed by atoms with E-state index in [0.717, 1.165) is 11.8 Å². The van der Waals surface area contributed by atoms with E-state index in [1.807, 2.05) is 6.92 Å². The van der Waals surface area contributed by atoms with Crippen LogP contribution in [-0.4, -0.2) is 47.6 Å². The molecule has 1 aromatic rings. The van der Waals surface area contributed by atoms with Gasteiger partial charge >= 0.3 is 12.0 Å². The van der Waals surface area contributed by atoms with Crippen LogP contribution in [0.1, 0.15) is 20.8 Å². The Kier molecular flexibility index (Phi) is 7.54. The molecule has 2 rings (SSSR count). The predicted octanol–water partition coefficient (Wildman–Crippen LogP) is 2.93. The molecule has 8 nitrogen and oxygen atoms in total. The number of benzene rings is 1. The van der Waals surface area contributed by atoms with Gasteiger partial charge in [0.25, 0.3) is 0 Å². The molecular formula is C18H21N3O5S. The molecule has 1 unspecified atom stereocenters. The average Bonchev–Trinajstić information content (AvgIpc) is 2.61. The van der Waals surface area contributed by atoms with Crippen molar-refractivity contribution in [2.75, 3.05) is 24.3 Å². The molecule has 0 fully saturated rings. The van der Waals surface area contributed by atoms with E-state index in [-0.39, 0.29) is 23.3 Å². The first kappa shape index (κ1) is 20.6. The molecule has 1 N–H and O–H groups in total. The number of thioether (sulfide) groups is 1. The lowest BCUT2D eigenvalue weighted by Crippen LogP contribution is -2.34. The van der Waals surface area contributed by atoms with Crippen molar-refractivity contribution in [3.05, 3.63) is 24.3 Å². The highest BCUT2D eigenvalue weighted by Gasteiger charge is 2.33. The van der Waals surface area contributed by atoms with E-state index in [1.165, 1.54) is 0 Å². The topological polar surface area (TPSA) is 106 Å². The number of hydrogen-bond acceptors (Lipinski definition) is 6. The number of aliphatic imine (C=N–C) groups is 2. The van der Waals surface area contributed by atoms with Crippen molar-refractivity contribution in [3.63, 3.8) is 0 Å². The van der Waals surface area contributed by atoms with Gasteiger partial charge in [0.2, 0.25) is 5.91 Å². The fourth-order valence-electron chi connectivity index (χ4n) is 2.33. The zero-order valence-electron chi connectivity index (χ0n) is 15.4. The van der Waals surface area contributed by atoms with Crippen LogP contribution in [0, 0.1) is 5.92 Å². The molecule has 0 saturated heterocycles. The largest absolute Gasteiger partial charge is 0.494 e. The van der Waals surface area contributed by atoms with Crippen LogP contribution in [0.4, 0.5) is 10.5 Å². The number of hydrogen-bond donors (Lipinski definition) is 1. The lowest BCUT2D eigenvalue weighted by atomic mass is 10.1. The normalized spacial score (nSPS) is 16.3. The quantitative estimate of drug-likeness (QED) is 0.716. The van der Waals surface area contributed by atoms with Gasteiger partial charge in [-0.05, 0) is 45.0 Å². The summed E-state index contributed by atoms with van der Waals surface area (Å²) in [4.78, 5) is 43.4. The number of amides is 3. The van der Waals surface area contributed by atoms with Crippen molar-refractivity contribution in [3.8, 4) is 5.75 Å². The Hall–Kier alpha value is -2.68. The Balaban J connectivity index is 1.97. The maximum Gasteiger partial charge on any atom is 0.367 e. The van der Waals surface area contributed by atoms with Crippen molar-refractivity contribution < 1.29 is 23.9 Å². The number of nitrogens with zero attached hydrogens (tertiary/aromatic N) is 2. The second-order valence-corrected chi connectivity index (χ2v) is 6.46. The summed E-state index contributed by atoms with van der Waals surface area (Å²) >= 11 is 1.02. The maximum atomic E-state index is 12.2. The Labute approximate surface area is 161 Å². The number of carbonyl (C=O) groups excluding carboxylic acids is 3. The van der Waals surface area contributed by atoms with Gasteiger partial charge in [-0.3, -0.25) is 9.59 Å². The van der Waals surface area contributed by atoms with Crippen LogP contribution in [0.5, 0.6) is 5.75 Å². The van der Waals surface area contributed by atoms with Gasteiger partial charge < -0.3 is 14.8 Å². The maximum absolute atomic E-state index is 12.2. The molecular weight excluding hydrogens is 370 g/mol. The first-order valence-electron chi connectivity index (χ1n) is 8.44. The molecule has 27 heavy (non-hydrogen) atoms. The molecule has 1 atom stereocenters. The predicted molar refractivity (Wildman–Crippen MR) is 105 cm³/mol. The molecule has 3 amide bonds. The van der Waals surface area contributed by atoms with E-state index in [1.54, 1.807) is 38.1 Å². The lowest BCUT2D eigenvalue weighted by Gasteiger charge is -2.19. The first-order valence-corrected chi connectivity index (χ1v) is 9.43. The Morgan fingerprint density at radius 2 is 1.85 bits per heavy atom. The van der Waals surface area contributed by atoms with E-state index in [2.05, 4.69) is 15.3 Å². The smallest absolute Gasteiger partial charge is 0.367 e. The van der Waals surface area contributed by atoms with Gasteiger partial charge in [-0.15, -0.1) is 0 Å². The number of carbonyl (C=O) groups is 3. The zero-order valence-corrected chi connectivity index (χ0v) is 16.2. The summed E-state index contributed by atoms with van der Waals surface area (Å²) in [5.74, 6) is -0.980. The van der Waals surface area contributed by atoms with E-state index in [9.17, 15) is 14.4 Å². The highest BCUT2D eigenvalue weighted by molar-refractivity contribution is 8.14. The Morgan fingerprint density at radius 1 is 1.15 bits per heavy atom. The minimum absolute atomic E-state index is 0.0114. The fraction of sp³-hybridized carbons (Fsp3) is 0.389. The number of rotatable bonds is 7. The van der Waals surface area contributed by atoms with Crippen LogP contribution in [0.25, 0.3) is 0 Å². The second kappa shape index (κ2) is 9.86. The highest BCUT2D eigenvalue weighted by Crippen LogP contribution is 2.22. The van der Waals surface area contributed by atoms with Gasteiger partial charge in [0.1, 0.15) is 11.7 Å². The summed E-state index contributed by atoms with van der Waals surface area (Å²) in [6, 6.07) is 6.28. The number of urea groups is 1. The standard InChI is InChI=1S/C18H21N3O5S/c1-4-25-13-8-6-12(7-9-13)20-14(22)10-27-16-15(17(23)26-5-2)11(3)19-18(24)21-16/h6-9,15H,4-5,10H2,1-3H3,(H,20,22). The van der Waals surface area contributed by atoms with Crippen LogP contribution in [0.3, 0.4) is 0 Å². The molecule has 1 heterocycles. The molecule has 0 bridgehead atoms. The van der Waals surface area contributed by atoms with Crippen LogP contribution in [0.2, 0.25) is 0 Å². The molecule has 0 saturated carbocycles. The van der Waals surface area contributed by atoms with Gasteiger partial charge in [-0.25, -0.2) is 4.79 Å². The molecule has 9 heteroatoms. The number of ether oxygens (including phenoxy) is 2. The Bertz CT molecular complexity index is 774. The number of anilines is 1. The minimum Gasteiger partial charge on any atom is -0.494 e. The first-order chi connectivity index (χ1) is 12.9. The van der Waals surface area contributed by atoms with E-state index < -0.39 is 17.9 Å². The highest BCUT2D eigenvalue weighted by atomic mass is 32.2. The Morgan fingerprint density at radius 3 is 2.48 bits per heavy atom. The summed E-state index contributed by atoms with van der Waals surface area (Å²) in [6.07, 6.45) is 0. The van der Waals surface area contributed by atoms with Crippen molar-refractivity contribution in [1.29, 1.82) is 0 Å². The van der Waals surface area contributed by atoms with Crippen LogP contribution in [0.15, 0.2) is 34.3 Å². The number of nitrogens with one attached hydrogen (secondary N) is 1. The van der Waals surface area contributed by atoms with Crippen molar-refractivity contribution >= 4 is 46.1 Å². The van der Waals surface area contributed by atoms with E-state index in [4.69, 9.17) is 9.47 Å². The third kappa shape index (κ3) is 5.92. The molecule has 144 valence electrons. The zero-order chi connectivity index (χ0) is 19.8.